The Labute approximate surface area is 96.8 Å². The first kappa shape index (κ1) is 11.7. The molecule has 3 nitrogen and oxygen atoms in total. The third-order valence-corrected chi connectivity index (χ3v) is 6.13. The van der Waals surface area contributed by atoms with Crippen LogP contribution in [0.4, 0.5) is 0 Å². The van der Waals surface area contributed by atoms with Gasteiger partial charge in [-0.3, -0.25) is 0 Å². The molecule has 88 valence electrons. The fraction of sp³-hybridized carbons (Fsp3) is 1.00. The van der Waals surface area contributed by atoms with E-state index in [1.807, 2.05) is 0 Å². The van der Waals surface area contributed by atoms with Gasteiger partial charge in [-0.2, -0.15) is 0 Å². The molecule has 1 aliphatic carbocycles. The van der Waals surface area contributed by atoms with Gasteiger partial charge in [0.25, 0.3) is 0 Å². The molecule has 1 aliphatic heterocycles. The fourth-order valence-electron chi connectivity index (χ4n) is 2.52. The second kappa shape index (κ2) is 4.60. The van der Waals surface area contributed by atoms with E-state index in [-0.39, 0.29) is 10.6 Å². The number of alkyl halides is 1. The van der Waals surface area contributed by atoms with Gasteiger partial charge in [-0.15, -0.1) is 11.6 Å². The van der Waals surface area contributed by atoms with Gasteiger partial charge in [0.1, 0.15) is 0 Å². The number of halogens is 1. The van der Waals surface area contributed by atoms with Crippen LogP contribution in [0.1, 0.15) is 38.5 Å². The molecule has 5 heteroatoms. The summed E-state index contributed by atoms with van der Waals surface area (Å²) in [5.41, 5.74) is 0. The SMILES string of the molecule is O=S(=O)(C1CCCC1)N1CCCC(Cl)C1. The van der Waals surface area contributed by atoms with Crippen molar-refractivity contribution in [2.24, 2.45) is 0 Å². The molecule has 0 aromatic carbocycles. The largest absolute Gasteiger partial charge is 0.217 e. The van der Waals surface area contributed by atoms with Gasteiger partial charge >= 0.3 is 0 Å². The predicted molar refractivity (Wildman–Crippen MR) is 61.6 cm³/mol. The highest BCUT2D eigenvalue weighted by atomic mass is 35.5. The lowest BCUT2D eigenvalue weighted by Gasteiger charge is -2.31. The van der Waals surface area contributed by atoms with Crippen molar-refractivity contribution >= 4 is 21.6 Å². The smallest absolute Gasteiger partial charge is 0.212 e. The summed E-state index contributed by atoms with van der Waals surface area (Å²) < 4.78 is 26.0. The number of rotatable bonds is 2. The Morgan fingerprint density at radius 3 is 2.33 bits per heavy atom. The Hall–Kier alpha value is 0.200. The molecule has 1 saturated carbocycles. The van der Waals surface area contributed by atoms with Crippen LogP contribution < -0.4 is 0 Å². The Balaban J connectivity index is 2.07. The highest BCUT2D eigenvalue weighted by Crippen LogP contribution is 2.29. The summed E-state index contributed by atoms with van der Waals surface area (Å²) in [5, 5.41) is -0.116. The van der Waals surface area contributed by atoms with Crippen LogP contribution in [0.3, 0.4) is 0 Å². The molecular weight excluding hydrogens is 234 g/mol. The van der Waals surface area contributed by atoms with Crippen LogP contribution in [0.5, 0.6) is 0 Å². The summed E-state index contributed by atoms with van der Waals surface area (Å²) in [6.45, 7) is 1.18. The molecule has 0 bridgehead atoms. The summed E-state index contributed by atoms with van der Waals surface area (Å²) in [6.07, 6.45) is 5.64. The molecular formula is C10H18ClNO2S. The van der Waals surface area contributed by atoms with Gasteiger partial charge in [0.15, 0.2) is 0 Å². The van der Waals surface area contributed by atoms with Crippen molar-refractivity contribution in [3.05, 3.63) is 0 Å². The molecule has 0 N–H and O–H groups in total. The molecule has 2 fully saturated rings. The van der Waals surface area contributed by atoms with Crippen LogP contribution >= 0.6 is 11.6 Å². The zero-order valence-corrected chi connectivity index (χ0v) is 10.4. The molecule has 0 spiro atoms. The van der Waals surface area contributed by atoms with E-state index >= 15 is 0 Å². The van der Waals surface area contributed by atoms with Crippen LogP contribution in [-0.4, -0.2) is 36.4 Å². The maximum absolute atomic E-state index is 12.2. The second-order valence-corrected chi connectivity index (χ2v) is 7.38. The van der Waals surface area contributed by atoms with Gasteiger partial charge in [-0.05, 0) is 25.7 Å². The lowest BCUT2D eigenvalue weighted by atomic mass is 10.2. The zero-order chi connectivity index (χ0) is 10.9. The monoisotopic (exact) mass is 251 g/mol. The van der Waals surface area contributed by atoms with Gasteiger partial charge in [0.2, 0.25) is 10.0 Å². The van der Waals surface area contributed by atoms with E-state index in [2.05, 4.69) is 0 Å². The Bertz CT molecular complexity index is 311. The van der Waals surface area contributed by atoms with Gasteiger partial charge in [-0.1, -0.05) is 12.8 Å². The average Bonchev–Trinajstić information content (AvgIpc) is 2.71. The lowest BCUT2D eigenvalue weighted by molar-refractivity contribution is 0.346. The first-order valence-electron chi connectivity index (χ1n) is 5.74. The standard InChI is InChI=1S/C10H18ClNO2S/c11-9-4-3-7-12(8-9)15(13,14)10-5-1-2-6-10/h9-10H,1-8H2. The number of sulfonamides is 1. The van der Waals surface area contributed by atoms with Crippen molar-refractivity contribution in [3.8, 4) is 0 Å². The first-order chi connectivity index (χ1) is 7.10. The molecule has 1 heterocycles. The van der Waals surface area contributed by atoms with Crippen molar-refractivity contribution in [3.63, 3.8) is 0 Å². The predicted octanol–water partition coefficient (Wildman–Crippen LogP) is 1.96. The van der Waals surface area contributed by atoms with Crippen LogP contribution in [0.25, 0.3) is 0 Å². The summed E-state index contributed by atoms with van der Waals surface area (Å²) in [6, 6.07) is 0. The Morgan fingerprint density at radius 2 is 1.73 bits per heavy atom. The number of nitrogens with zero attached hydrogens (tertiary/aromatic N) is 1. The minimum absolute atomic E-state index is 0.00919. The van der Waals surface area contributed by atoms with Gasteiger partial charge < -0.3 is 0 Å². The third-order valence-electron chi connectivity index (χ3n) is 3.41. The second-order valence-electron chi connectivity index (χ2n) is 4.55. The number of hydrogen-bond donors (Lipinski definition) is 0. The Morgan fingerprint density at radius 1 is 1.07 bits per heavy atom. The number of piperidine rings is 1. The van der Waals surface area contributed by atoms with E-state index in [0.717, 1.165) is 38.5 Å². The van der Waals surface area contributed by atoms with E-state index in [0.29, 0.717) is 13.1 Å². The average molecular weight is 252 g/mol. The molecule has 1 atom stereocenters. The van der Waals surface area contributed by atoms with Crippen molar-refractivity contribution < 1.29 is 8.42 Å². The fourth-order valence-corrected chi connectivity index (χ4v) is 5.05. The van der Waals surface area contributed by atoms with Crippen molar-refractivity contribution in [2.45, 2.75) is 49.2 Å². The van der Waals surface area contributed by atoms with E-state index in [1.165, 1.54) is 0 Å². The lowest BCUT2D eigenvalue weighted by Crippen LogP contribution is -2.44. The molecule has 15 heavy (non-hydrogen) atoms. The van der Waals surface area contributed by atoms with E-state index < -0.39 is 10.0 Å². The molecule has 0 aromatic rings. The molecule has 2 aliphatic rings. The maximum atomic E-state index is 12.2. The van der Waals surface area contributed by atoms with Gasteiger partial charge in [0.05, 0.1) is 5.25 Å². The number of hydrogen-bond acceptors (Lipinski definition) is 2. The summed E-state index contributed by atoms with van der Waals surface area (Å²) in [7, 11) is -3.05. The molecule has 0 amide bonds. The Kier molecular flexibility index (Phi) is 3.58. The molecule has 0 radical (unpaired) electrons. The normalized spacial score (nSPS) is 30.9. The van der Waals surface area contributed by atoms with E-state index in [1.54, 1.807) is 4.31 Å². The van der Waals surface area contributed by atoms with E-state index in [9.17, 15) is 8.42 Å². The topological polar surface area (TPSA) is 37.4 Å². The van der Waals surface area contributed by atoms with Crippen LogP contribution in [0.2, 0.25) is 0 Å². The quantitative estimate of drug-likeness (QED) is 0.704. The van der Waals surface area contributed by atoms with Gasteiger partial charge in [0, 0.05) is 18.5 Å². The molecule has 2 rings (SSSR count). The summed E-state index contributed by atoms with van der Waals surface area (Å²) in [5.74, 6) is 0. The zero-order valence-electron chi connectivity index (χ0n) is 8.86. The van der Waals surface area contributed by atoms with Crippen molar-refractivity contribution in [1.82, 2.24) is 4.31 Å². The molecule has 0 aromatic heterocycles. The van der Waals surface area contributed by atoms with Gasteiger partial charge in [-0.25, -0.2) is 12.7 Å². The molecule has 1 saturated heterocycles. The van der Waals surface area contributed by atoms with Crippen molar-refractivity contribution in [1.29, 1.82) is 0 Å². The summed E-state index contributed by atoms with van der Waals surface area (Å²) in [4.78, 5) is 0. The van der Waals surface area contributed by atoms with Crippen LogP contribution in [0, 0.1) is 0 Å². The highest BCUT2D eigenvalue weighted by Gasteiger charge is 2.36. The minimum atomic E-state index is -3.05. The van der Waals surface area contributed by atoms with Crippen LogP contribution in [-0.2, 0) is 10.0 Å². The highest BCUT2D eigenvalue weighted by molar-refractivity contribution is 7.89. The third kappa shape index (κ3) is 2.48. The van der Waals surface area contributed by atoms with Crippen molar-refractivity contribution in [2.75, 3.05) is 13.1 Å². The first-order valence-corrected chi connectivity index (χ1v) is 7.67. The summed E-state index contributed by atoms with van der Waals surface area (Å²) >= 11 is 6.02. The van der Waals surface area contributed by atoms with E-state index in [4.69, 9.17) is 11.6 Å². The molecule has 1 unspecified atom stereocenters. The van der Waals surface area contributed by atoms with Crippen LogP contribution in [0.15, 0.2) is 0 Å². The minimum Gasteiger partial charge on any atom is -0.212 e. The maximum Gasteiger partial charge on any atom is 0.217 e.